The standard InChI is InChI=1S/C5H11P/c1-3-4-5(2)6/h2-4,6H2,1H3. The summed E-state index contributed by atoms with van der Waals surface area (Å²) in [5.74, 6) is 0. The minimum absolute atomic E-state index is 1.14. The van der Waals surface area contributed by atoms with E-state index in [1.54, 1.807) is 0 Å². The van der Waals surface area contributed by atoms with Gasteiger partial charge in [-0.05, 0) is 6.42 Å². The summed E-state index contributed by atoms with van der Waals surface area (Å²) in [6.45, 7) is 5.86. The van der Waals surface area contributed by atoms with E-state index >= 15 is 0 Å². The van der Waals surface area contributed by atoms with Gasteiger partial charge in [0.1, 0.15) is 0 Å². The Morgan fingerprint density at radius 2 is 2.33 bits per heavy atom. The first-order valence-electron chi connectivity index (χ1n) is 2.20. The molecule has 1 unspecified atom stereocenters. The van der Waals surface area contributed by atoms with Gasteiger partial charge in [-0.1, -0.05) is 25.2 Å². The fraction of sp³-hybridized carbons (Fsp3) is 0.600. The monoisotopic (exact) mass is 102 g/mol. The van der Waals surface area contributed by atoms with Crippen LogP contribution in [-0.2, 0) is 0 Å². The molecule has 0 spiro atoms. The second kappa shape index (κ2) is 3.36. The molecular formula is C5H11P. The van der Waals surface area contributed by atoms with Crippen LogP contribution in [0.5, 0.6) is 0 Å². The van der Waals surface area contributed by atoms with Crippen LogP contribution in [0.25, 0.3) is 0 Å². The largest absolute Gasteiger partial charge is 0.111 e. The highest BCUT2D eigenvalue weighted by Crippen LogP contribution is 2.07. The normalized spacial score (nSPS) is 8.33. The predicted molar refractivity (Wildman–Crippen MR) is 33.8 cm³/mol. The molecule has 0 N–H and O–H groups in total. The van der Waals surface area contributed by atoms with Crippen molar-refractivity contribution in [3.63, 3.8) is 0 Å². The summed E-state index contributed by atoms with van der Waals surface area (Å²) in [7, 11) is 2.58. The molecule has 0 aromatic heterocycles. The van der Waals surface area contributed by atoms with Gasteiger partial charge in [0.05, 0.1) is 0 Å². The molecule has 36 valence electrons. The van der Waals surface area contributed by atoms with Crippen molar-refractivity contribution < 1.29 is 0 Å². The minimum atomic E-state index is 1.14. The summed E-state index contributed by atoms with van der Waals surface area (Å²) < 4.78 is 0. The van der Waals surface area contributed by atoms with E-state index in [1.165, 1.54) is 11.7 Å². The molecule has 0 aromatic carbocycles. The first kappa shape index (κ1) is 6.17. The molecule has 0 nitrogen and oxygen atoms in total. The Kier molecular flexibility index (Phi) is 3.46. The highest BCUT2D eigenvalue weighted by molar-refractivity contribution is 7.22. The van der Waals surface area contributed by atoms with Gasteiger partial charge < -0.3 is 0 Å². The van der Waals surface area contributed by atoms with E-state index in [0.717, 1.165) is 6.42 Å². The first-order valence-corrected chi connectivity index (χ1v) is 2.78. The molecule has 0 bridgehead atoms. The van der Waals surface area contributed by atoms with Crippen LogP contribution in [-0.4, -0.2) is 0 Å². The van der Waals surface area contributed by atoms with E-state index in [9.17, 15) is 0 Å². The third-order valence-corrected chi connectivity index (χ3v) is 0.860. The van der Waals surface area contributed by atoms with Crippen LogP contribution in [0.1, 0.15) is 19.8 Å². The molecule has 0 aliphatic heterocycles. The molecule has 1 heteroatoms. The van der Waals surface area contributed by atoms with Gasteiger partial charge >= 0.3 is 0 Å². The lowest BCUT2D eigenvalue weighted by Gasteiger charge is -1.87. The maximum atomic E-state index is 3.71. The first-order chi connectivity index (χ1) is 2.77. The zero-order valence-corrected chi connectivity index (χ0v) is 5.35. The van der Waals surface area contributed by atoms with E-state index in [0.29, 0.717) is 0 Å². The lowest BCUT2D eigenvalue weighted by molar-refractivity contribution is 0.950. The van der Waals surface area contributed by atoms with Gasteiger partial charge in [0, 0.05) is 0 Å². The average Bonchev–Trinajstić information content (AvgIpc) is 1.35. The lowest BCUT2D eigenvalue weighted by Crippen LogP contribution is -1.62. The number of allylic oxidation sites excluding steroid dienone is 1. The summed E-state index contributed by atoms with van der Waals surface area (Å²) in [6.07, 6.45) is 2.35. The molecule has 0 rings (SSSR count). The Morgan fingerprint density at radius 3 is 2.33 bits per heavy atom. The second-order valence-corrected chi connectivity index (χ2v) is 2.22. The molecule has 0 aliphatic rings. The molecule has 6 heavy (non-hydrogen) atoms. The van der Waals surface area contributed by atoms with E-state index in [-0.39, 0.29) is 0 Å². The Labute approximate surface area is 41.8 Å². The van der Waals surface area contributed by atoms with Crippen molar-refractivity contribution in [1.82, 2.24) is 0 Å². The van der Waals surface area contributed by atoms with Crippen molar-refractivity contribution in [3.8, 4) is 0 Å². The van der Waals surface area contributed by atoms with Gasteiger partial charge in [-0.3, -0.25) is 0 Å². The average molecular weight is 102 g/mol. The summed E-state index contributed by atoms with van der Waals surface area (Å²) in [5.41, 5.74) is 0. The van der Waals surface area contributed by atoms with Crippen LogP contribution < -0.4 is 0 Å². The SMILES string of the molecule is C=C(P)CCC. The molecular weight excluding hydrogens is 91.0 g/mol. The van der Waals surface area contributed by atoms with E-state index in [4.69, 9.17) is 0 Å². The van der Waals surface area contributed by atoms with Crippen LogP contribution in [0.2, 0.25) is 0 Å². The van der Waals surface area contributed by atoms with Gasteiger partial charge in [0.2, 0.25) is 0 Å². The summed E-state index contributed by atoms with van der Waals surface area (Å²) in [6, 6.07) is 0. The maximum absolute atomic E-state index is 3.71. The predicted octanol–water partition coefficient (Wildman–Crippen LogP) is 2.18. The van der Waals surface area contributed by atoms with E-state index < -0.39 is 0 Å². The Bertz CT molecular complexity index is 47.9. The Hall–Kier alpha value is 0.170. The molecule has 0 saturated heterocycles. The molecule has 0 aliphatic carbocycles. The summed E-state index contributed by atoms with van der Waals surface area (Å²) >= 11 is 0. The smallest absolute Gasteiger partial charge is 0.0288 e. The van der Waals surface area contributed by atoms with E-state index in [1.807, 2.05) is 0 Å². The molecule has 0 heterocycles. The van der Waals surface area contributed by atoms with Crippen molar-refractivity contribution in [2.75, 3.05) is 0 Å². The van der Waals surface area contributed by atoms with Crippen LogP contribution in [0.3, 0.4) is 0 Å². The molecule has 0 radical (unpaired) electrons. The van der Waals surface area contributed by atoms with Crippen LogP contribution >= 0.6 is 9.24 Å². The molecule has 1 atom stereocenters. The fourth-order valence-electron chi connectivity index (χ4n) is 0.321. The third kappa shape index (κ3) is 4.17. The van der Waals surface area contributed by atoms with Gasteiger partial charge in [-0.2, -0.15) is 0 Å². The van der Waals surface area contributed by atoms with Crippen molar-refractivity contribution in [2.24, 2.45) is 0 Å². The zero-order chi connectivity index (χ0) is 4.99. The molecule has 0 fully saturated rings. The zero-order valence-electron chi connectivity index (χ0n) is 4.20. The van der Waals surface area contributed by atoms with Crippen molar-refractivity contribution in [2.45, 2.75) is 19.8 Å². The highest BCUT2D eigenvalue weighted by atomic mass is 31.0. The van der Waals surface area contributed by atoms with Gasteiger partial charge in [0.15, 0.2) is 0 Å². The quantitative estimate of drug-likeness (QED) is 0.469. The molecule has 0 aromatic rings. The van der Waals surface area contributed by atoms with Gasteiger partial charge in [-0.15, -0.1) is 9.24 Å². The van der Waals surface area contributed by atoms with Crippen LogP contribution in [0.15, 0.2) is 11.9 Å². The van der Waals surface area contributed by atoms with Crippen molar-refractivity contribution in [3.05, 3.63) is 11.9 Å². The number of rotatable bonds is 2. The van der Waals surface area contributed by atoms with Crippen molar-refractivity contribution in [1.29, 1.82) is 0 Å². The second-order valence-electron chi connectivity index (χ2n) is 1.41. The minimum Gasteiger partial charge on any atom is -0.111 e. The Balaban J connectivity index is 2.83. The van der Waals surface area contributed by atoms with Crippen LogP contribution in [0.4, 0.5) is 0 Å². The van der Waals surface area contributed by atoms with Gasteiger partial charge in [0.25, 0.3) is 0 Å². The number of hydrogen-bond donors (Lipinski definition) is 0. The lowest BCUT2D eigenvalue weighted by atomic mass is 10.3. The third-order valence-electron chi connectivity index (χ3n) is 0.571. The Morgan fingerprint density at radius 1 is 1.83 bits per heavy atom. The molecule has 0 amide bonds. The highest BCUT2D eigenvalue weighted by Gasteiger charge is 1.76. The molecule has 0 saturated carbocycles. The maximum Gasteiger partial charge on any atom is -0.0288 e. The summed E-state index contributed by atoms with van der Waals surface area (Å²) in [5, 5.41) is 1.21. The van der Waals surface area contributed by atoms with Crippen LogP contribution in [0, 0.1) is 0 Å². The van der Waals surface area contributed by atoms with Crippen molar-refractivity contribution >= 4 is 9.24 Å². The van der Waals surface area contributed by atoms with E-state index in [2.05, 4.69) is 22.7 Å². The topological polar surface area (TPSA) is 0 Å². The fourth-order valence-corrected chi connectivity index (χ4v) is 0.610. The number of hydrogen-bond acceptors (Lipinski definition) is 0. The van der Waals surface area contributed by atoms with Gasteiger partial charge in [-0.25, -0.2) is 0 Å². The summed E-state index contributed by atoms with van der Waals surface area (Å²) in [4.78, 5) is 0.